The number of fused-ring (bicyclic) bond motifs is 2. The molecule has 0 unspecified atom stereocenters. The van der Waals surface area contributed by atoms with Crippen LogP contribution in [0.25, 0.3) is 21.9 Å². The Hall–Kier alpha value is -3.62. The number of carboxylic acids is 1. The summed E-state index contributed by atoms with van der Waals surface area (Å²) in [6, 6.07) is 13.1. The van der Waals surface area contributed by atoms with Crippen molar-refractivity contribution in [2.75, 3.05) is 7.11 Å². The van der Waals surface area contributed by atoms with Gasteiger partial charge in [0.2, 0.25) is 0 Å². The van der Waals surface area contributed by atoms with E-state index < -0.39 is 5.97 Å². The molecule has 0 bridgehead atoms. The van der Waals surface area contributed by atoms with Crippen molar-refractivity contribution >= 4 is 50.8 Å². The quantitative estimate of drug-likeness (QED) is 0.362. The molecular formula is C26H21ClN2O5S. The number of hydrogen-bond donors (Lipinski definition) is 1. The van der Waals surface area contributed by atoms with Crippen LogP contribution in [-0.2, 0) is 13.2 Å². The largest absolute Gasteiger partial charge is 0.493 e. The third-order valence-corrected chi connectivity index (χ3v) is 7.40. The van der Waals surface area contributed by atoms with Gasteiger partial charge in [0, 0.05) is 11.6 Å². The highest BCUT2D eigenvalue weighted by molar-refractivity contribution is 7.20. The normalized spacial score (nSPS) is 13.9. The molecule has 0 saturated heterocycles. The number of benzene rings is 2. The number of halogens is 1. The molecule has 0 saturated carbocycles. The van der Waals surface area contributed by atoms with Gasteiger partial charge in [-0.15, -0.1) is 11.3 Å². The van der Waals surface area contributed by atoms with Crippen molar-refractivity contribution in [1.29, 1.82) is 0 Å². The van der Waals surface area contributed by atoms with E-state index in [0.29, 0.717) is 57.7 Å². The highest BCUT2D eigenvalue weighted by atomic mass is 35.5. The van der Waals surface area contributed by atoms with Crippen LogP contribution in [0.15, 0.2) is 47.3 Å². The molecule has 2 aromatic carbocycles. The minimum absolute atomic E-state index is 0.151. The molecule has 2 aromatic heterocycles. The van der Waals surface area contributed by atoms with Crippen molar-refractivity contribution in [2.24, 2.45) is 0 Å². The zero-order valence-corrected chi connectivity index (χ0v) is 20.6. The summed E-state index contributed by atoms with van der Waals surface area (Å²) >= 11 is 6.98. The van der Waals surface area contributed by atoms with Crippen molar-refractivity contribution in [1.82, 2.24) is 9.55 Å². The molecule has 4 aromatic rings. The Kier molecular flexibility index (Phi) is 6.08. The third-order valence-electron chi connectivity index (χ3n) is 5.97. The second-order valence-corrected chi connectivity index (χ2v) is 9.61. The molecule has 1 N–H and O–H groups in total. The number of carboxylic acid groups (broad SMARTS) is 1. The number of ether oxygens (including phenoxy) is 2. The first kappa shape index (κ1) is 23.1. The van der Waals surface area contributed by atoms with E-state index in [-0.39, 0.29) is 10.4 Å². The number of carbonyl (C=O) groups is 1. The van der Waals surface area contributed by atoms with Gasteiger partial charge in [-0.1, -0.05) is 29.8 Å². The topological polar surface area (TPSA) is 90.7 Å². The van der Waals surface area contributed by atoms with Crippen LogP contribution in [0.4, 0.5) is 0 Å². The van der Waals surface area contributed by atoms with Crippen LogP contribution in [-0.4, -0.2) is 27.7 Å². The fourth-order valence-corrected chi connectivity index (χ4v) is 5.33. The van der Waals surface area contributed by atoms with Gasteiger partial charge in [-0.3, -0.25) is 9.36 Å². The van der Waals surface area contributed by atoms with E-state index in [1.54, 1.807) is 18.6 Å². The SMILES string of the molecule is COc1cc(C=C2CCn3c2nc2sc(C(=O)O)c(C)c2c3=O)ccc1OCc1ccc(Cl)cc1. The average molecular weight is 509 g/mol. The Morgan fingerprint density at radius 2 is 2.00 bits per heavy atom. The van der Waals surface area contributed by atoms with Gasteiger partial charge in [0.15, 0.2) is 11.5 Å². The van der Waals surface area contributed by atoms with Crippen molar-refractivity contribution < 1.29 is 19.4 Å². The zero-order valence-electron chi connectivity index (χ0n) is 19.0. The molecule has 5 rings (SSSR count). The van der Waals surface area contributed by atoms with Crippen LogP contribution in [0.3, 0.4) is 0 Å². The minimum Gasteiger partial charge on any atom is -0.493 e. The summed E-state index contributed by atoms with van der Waals surface area (Å²) in [5, 5.41) is 10.5. The van der Waals surface area contributed by atoms with Crippen LogP contribution in [0.5, 0.6) is 11.5 Å². The first-order chi connectivity index (χ1) is 16.9. The standard InChI is InChI=1S/C26H21ClN2O5S/c1-14-21-24(35-22(14)26(31)32)28-23-17(9-10-29(23)25(21)30)11-16-5-8-19(20(12-16)33-2)34-13-15-3-6-18(27)7-4-15/h3-8,11-12H,9-10,13H2,1-2H3,(H,31,32). The maximum atomic E-state index is 13.1. The zero-order chi connectivity index (χ0) is 24.7. The van der Waals surface area contributed by atoms with Crippen molar-refractivity contribution in [3.63, 3.8) is 0 Å². The van der Waals surface area contributed by atoms with Gasteiger partial charge in [-0.2, -0.15) is 0 Å². The molecule has 0 atom stereocenters. The summed E-state index contributed by atoms with van der Waals surface area (Å²) in [7, 11) is 1.59. The van der Waals surface area contributed by atoms with Crippen LogP contribution in [0, 0.1) is 6.92 Å². The lowest BCUT2D eigenvalue weighted by Crippen LogP contribution is -2.20. The van der Waals surface area contributed by atoms with E-state index >= 15 is 0 Å². The lowest BCUT2D eigenvalue weighted by Gasteiger charge is -2.12. The molecule has 9 heteroatoms. The highest BCUT2D eigenvalue weighted by Gasteiger charge is 2.25. The van der Waals surface area contributed by atoms with Crippen molar-refractivity contribution in [3.05, 3.63) is 85.2 Å². The summed E-state index contributed by atoms with van der Waals surface area (Å²) in [5.74, 6) is 0.730. The predicted molar refractivity (Wildman–Crippen MR) is 137 cm³/mol. The Morgan fingerprint density at radius 1 is 1.23 bits per heavy atom. The van der Waals surface area contributed by atoms with E-state index in [4.69, 9.17) is 21.1 Å². The first-order valence-corrected chi connectivity index (χ1v) is 12.1. The van der Waals surface area contributed by atoms with Crippen LogP contribution in [0.1, 0.15) is 38.6 Å². The average Bonchev–Trinajstić information content (AvgIpc) is 3.40. The van der Waals surface area contributed by atoms with E-state index in [1.165, 1.54) is 0 Å². The summed E-state index contributed by atoms with van der Waals surface area (Å²) in [6.45, 7) is 2.54. The fourth-order valence-electron chi connectivity index (χ4n) is 4.19. The second-order valence-electron chi connectivity index (χ2n) is 8.18. The number of aromatic carboxylic acids is 1. The number of allylic oxidation sites excluding steroid dienone is 1. The molecule has 0 fully saturated rings. The van der Waals surface area contributed by atoms with E-state index in [9.17, 15) is 14.7 Å². The minimum atomic E-state index is -1.05. The van der Waals surface area contributed by atoms with Gasteiger partial charge in [0.1, 0.15) is 22.1 Å². The van der Waals surface area contributed by atoms with Gasteiger partial charge < -0.3 is 14.6 Å². The summed E-state index contributed by atoms with van der Waals surface area (Å²) in [5.41, 5.74) is 3.05. The molecule has 0 amide bonds. The maximum absolute atomic E-state index is 13.1. The summed E-state index contributed by atoms with van der Waals surface area (Å²) < 4.78 is 13.1. The van der Waals surface area contributed by atoms with E-state index in [1.807, 2.05) is 48.5 Å². The molecule has 0 radical (unpaired) electrons. The number of thiophene rings is 1. The second kappa shape index (κ2) is 9.20. The van der Waals surface area contributed by atoms with Crippen LogP contribution >= 0.6 is 22.9 Å². The lowest BCUT2D eigenvalue weighted by atomic mass is 10.1. The van der Waals surface area contributed by atoms with E-state index in [0.717, 1.165) is 28.0 Å². The molecular weight excluding hydrogens is 488 g/mol. The molecule has 7 nitrogen and oxygen atoms in total. The Bertz CT molecular complexity index is 1550. The Morgan fingerprint density at radius 3 is 2.71 bits per heavy atom. The Labute approximate surface area is 209 Å². The number of hydrogen-bond acceptors (Lipinski definition) is 6. The van der Waals surface area contributed by atoms with Gasteiger partial charge in [-0.25, -0.2) is 9.78 Å². The Balaban J connectivity index is 1.45. The number of nitrogens with zero attached hydrogens (tertiary/aromatic N) is 2. The summed E-state index contributed by atoms with van der Waals surface area (Å²) in [4.78, 5) is 29.9. The fraction of sp³-hybridized carbons (Fsp3) is 0.192. The van der Waals surface area contributed by atoms with Gasteiger partial charge >= 0.3 is 5.97 Å². The van der Waals surface area contributed by atoms with Crippen molar-refractivity contribution in [3.8, 4) is 11.5 Å². The number of aromatic nitrogens is 2. The number of rotatable bonds is 6. The molecule has 0 spiro atoms. The van der Waals surface area contributed by atoms with Gasteiger partial charge in [0.05, 0.1) is 12.5 Å². The highest BCUT2D eigenvalue weighted by Crippen LogP contribution is 2.34. The number of aryl methyl sites for hydroxylation is 1. The number of methoxy groups -OCH3 is 1. The molecule has 178 valence electrons. The smallest absolute Gasteiger partial charge is 0.346 e. The third kappa shape index (κ3) is 4.31. The molecule has 1 aliphatic heterocycles. The maximum Gasteiger partial charge on any atom is 0.346 e. The van der Waals surface area contributed by atoms with Gasteiger partial charge in [0.25, 0.3) is 5.56 Å². The lowest BCUT2D eigenvalue weighted by molar-refractivity contribution is 0.0701. The molecule has 0 aliphatic carbocycles. The van der Waals surface area contributed by atoms with Crippen LogP contribution in [0.2, 0.25) is 5.02 Å². The van der Waals surface area contributed by atoms with Crippen LogP contribution < -0.4 is 15.0 Å². The molecule has 3 heterocycles. The van der Waals surface area contributed by atoms with E-state index in [2.05, 4.69) is 4.98 Å². The first-order valence-electron chi connectivity index (χ1n) is 10.9. The van der Waals surface area contributed by atoms with Crippen molar-refractivity contribution in [2.45, 2.75) is 26.5 Å². The van der Waals surface area contributed by atoms with Gasteiger partial charge in [-0.05, 0) is 65.9 Å². The molecule has 1 aliphatic rings. The monoisotopic (exact) mass is 508 g/mol. The molecule has 35 heavy (non-hydrogen) atoms. The predicted octanol–water partition coefficient (Wildman–Crippen LogP) is 5.65. The summed E-state index contributed by atoms with van der Waals surface area (Å²) in [6.07, 6.45) is 2.63.